The Kier molecular flexibility index (Phi) is 4.16. The zero-order valence-corrected chi connectivity index (χ0v) is 14.8. The fourth-order valence-corrected chi connectivity index (χ4v) is 3.23. The third-order valence-electron chi connectivity index (χ3n) is 4.25. The molecule has 4 rings (SSSR count). The number of nitrogens with zero attached hydrogens (tertiary/aromatic N) is 3. The van der Waals surface area contributed by atoms with Crippen LogP contribution < -0.4 is 15.4 Å². The lowest BCUT2D eigenvalue weighted by Gasteiger charge is -2.20. The van der Waals surface area contributed by atoms with E-state index >= 15 is 0 Å². The molecule has 3 aromatic rings. The number of benzene rings is 1. The highest BCUT2D eigenvalue weighted by molar-refractivity contribution is 6.32. The van der Waals surface area contributed by atoms with Crippen molar-refractivity contribution < 1.29 is 9.13 Å². The Bertz CT molecular complexity index is 1000. The highest BCUT2D eigenvalue weighted by Gasteiger charge is 2.19. The van der Waals surface area contributed by atoms with Gasteiger partial charge in [0.15, 0.2) is 5.65 Å². The summed E-state index contributed by atoms with van der Waals surface area (Å²) in [7, 11) is 0. The molecule has 3 heterocycles. The van der Waals surface area contributed by atoms with Crippen molar-refractivity contribution in [3.05, 3.63) is 59.1 Å². The molecule has 0 unspecified atom stereocenters. The number of aromatic nitrogens is 3. The normalized spacial score (nSPS) is 17.3. The first-order chi connectivity index (χ1) is 12.5. The smallest absolute Gasteiger partial charge is 0.166 e. The summed E-state index contributed by atoms with van der Waals surface area (Å²) in [5, 5.41) is 11.0. The van der Waals surface area contributed by atoms with Gasteiger partial charge in [-0.1, -0.05) is 18.2 Å². The first-order valence-electron chi connectivity index (χ1n) is 8.19. The number of fused-ring (bicyclic) bond motifs is 2. The van der Waals surface area contributed by atoms with Crippen LogP contribution in [0.4, 0.5) is 10.2 Å². The molecular weight excluding hydrogens is 357 g/mol. The monoisotopic (exact) mass is 373 g/mol. The van der Waals surface area contributed by atoms with Crippen molar-refractivity contribution in [3.8, 4) is 5.75 Å². The Morgan fingerprint density at radius 1 is 1.42 bits per heavy atom. The van der Waals surface area contributed by atoms with Crippen LogP contribution in [0.15, 0.2) is 37.2 Å². The Labute approximate surface area is 154 Å². The molecule has 134 valence electrons. The maximum atomic E-state index is 13.9. The second-order valence-electron chi connectivity index (χ2n) is 6.06. The van der Waals surface area contributed by atoms with E-state index in [4.69, 9.17) is 16.3 Å². The van der Waals surface area contributed by atoms with Gasteiger partial charge >= 0.3 is 0 Å². The minimum Gasteiger partial charge on any atom is -0.490 e. The maximum absolute atomic E-state index is 13.9. The summed E-state index contributed by atoms with van der Waals surface area (Å²) < 4.78 is 21.4. The van der Waals surface area contributed by atoms with E-state index < -0.39 is 5.82 Å². The van der Waals surface area contributed by atoms with Gasteiger partial charge in [0.25, 0.3) is 0 Å². The molecule has 6 nitrogen and oxygen atoms in total. The lowest BCUT2D eigenvalue weighted by molar-refractivity contribution is 0.317. The summed E-state index contributed by atoms with van der Waals surface area (Å²) in [5.41, 5.74) is 2.81. The van der Waals surface area contributed by atoms with Crippen molar-refractivity contribution in [2.45, 2.75) is 13.0 Å². The Balaban J connectivity index is 1.82. The number of halogens is 2. The standard InChI is InChI=1S/C18H17ClFN5O/c1-10-14-9-22-25-5-3-16(24-18(14)25)23-11(2)13-7-12(20)8-15(19)17(13)26-6-4-21-10/h3,5,7-9,11,21H,1,4,6H2,2H3,(H,23,24)/t11-/m1/s1. The summed E-state index contributed by atoms with van der Waals surface area (Å²) in [6.07, 6.45) is 3.52. The minimum absolute atomic E-state index is 0.238. The third kappa shape index (κ3) is 2.94. The Morgan fingerprint density at radius 2 is 2.27 bits per heavy atom. The van der Waals surface area contributed by atoms with Gasteiger partial charge in [-0.2, -0.15) is 5.10 Å². The van der Waals surface area contributed by atoms with Gasteiger partial charge in [-0.05, 0) is 25.1 Å². The van der Waals surface area contributed by atoms with Crippen LogP contribution in [0.25, 0.3) is 11.3 Å². The molecule has 0 spiro atoms. The first-order valence-corrected chi connectivity index (χ1v) is 8.56. The number of rotatable bonds is 0. The highest BCUT2D eigenvalue weighted by Crippen LogP contribution is 2.35. The van der Waals surface area contributed by atoms with Crippen LogP contribution in [0.1, 0.15) is 24.1 Å². The fraction of sp³-hybridized carbons (Fsp3) is 0.222. The van der Waals surface area contributed by atoms with Crippen molar-refractivity contribution >= 4 is 28.8 Å². The van der Waals surface area contributed by atoms with E-state index in [0.717, 1.165) is 5.56 Å². The van der Waals surface area contributed by atoms with E-state index in [1.54, 1.807) is 16.8 Å². The molecule has 0 aliphatic carbocycles. The van der Waals surface area contributed by atoms with Crippen LogP contribution in [-0.2, 0) is 0 Å². The second kappa shape index (κ2) is 6.49. The molecule has 2 N–H and O–H groups in total. The zero-order valence-electron chi connectivity index (χ0n) is 14.1. The van der Waals surface area contributed by atoms with Crippen LogP contribution in [-0.4, -0.2) is 27.7 Å². The van der Waals surface area contributed by atoms with Crippen LogP contribution in [0.3, 0.4) is 0 Å². The predicted octanol–water partition coefficient (Wildman–Crippen LogP) is 3.65. The van der Waals surface area contributed by atoms with Gasteiger partial charge in [0.2, 0.25) is 0 Å². The van der Waals surface area contributed by atoms with E-state index in [1.807, 2.05) is 13.1 Å². The molecule has 1 atom stereocenters. The molecule has 1 aliphatic heterocycles. The van der Waals surface area contributed by atoms with Crippen molar-refractivity contribution in [2.24, 2.45) is 0 Å². The van der Waals surface area contributed by atoms with E-state index in [9.17, 15) is 4.39 Å². The largest absolute Gasteiger partial charge is 0.490 e. The number of nitrogens with one attached hydrogen (secondary N) is 2. The summed E-state index contributed by atoms with van der Waals surface area (Å²) in [4.78, 5) is 4.62. The molecule has 8 heteroatoms. The average Bonchev–Trinajstić information content (AvgIpc) is 3.02. The Hall–Kier alpha value is -2.80. The number of hydrogen-bond acceptors (Lipinski definition) is 5. The molecule has 0 saturated carbocycles. The van der Waals surface area contributed by atoms with Gasteiger partial charge in [-0.25, -0.2) is 13.9 Å². The van der Waals surface area contributed by atoms with Crippen LogP contribution in [0.2, 0.25) is 5.02 Å². The summed E-state index contributed by atoms with van der Waals surface area (Å²) in [6.45, 7) is 6.80. The van der Waals surface area contributed by atoms with E-state index in [2.05, 4.69) is 27.3 Å². The molecule has 2 aromatic heterocycles. The van der Waals surface area contributed by atoms with Crippen molar-refractivity contribution in [2.75, 3.05) is 18.5 Å². The van der Waals surface area contributed by atoms with E-state index in [0.29, 0.717) is 41.6 Å². The van der Waals surface area contributed by atoms with Crippen LogP contribution in [0, 0.1) is 5.82 Å². The zero-order chi connectivity index (χ0) is 18.3. The number of ether oxygens (including phenoxy) is 1. The lowest BCUT2D eigenvalue weighted by Crippen LogP contribution is -2.20. The third-order valence-corrected chi connectivity index (χ3v) is 4.53. The fourth-order valence-electron chi connectivity index (χ4n) is 2.97. The SMILES string of the molecule is C=C1NCCOc2c(Cl)cc(F)cc2[C@@H](C)Nc2ccn3ncc1c3n2. The van der Waals surface area contributed by atoms with Gasteiger partial charge < -0.3 is 15.4 Å². The summed E-state index contributed by atoms with van der Waals surface area (Å²) in [5.74, 6) is 0.678. The molecular formula is C18H17ClFN5O. The lowest BCUT2D eigenvalue weighted by atomic mass is 10.1. The van der Waals surface area contributed by atoms with Crippen molar-refractivity contribution in [1.82, 2.24) is 19.9 Å². The van der Waals surface area contributed by atoms with Crippen molar-refractivity contribution in [1.29, 1.82) is 0 Å². The highest BCUT2D eigenvalue weighted by atomic mass is 35.5. The predicted molar refractivity (Wildman–Crippen MR) is 99.0 cm³/mol. The quantitative estimate of drug-likeness (QED) is 0.629. The molecule has 0 fully saturated rings. The van der Waals surface area contributed by atoms with Crippen LogP contribution in [0.5, 0.6) is 5.75 Å². The molecule has 0 saturated heterocycles. The van der Waals surface area contributed by atoms with Gasteiger partial charge in [-0.3, -0.25) is 0 Å². The summed E-state index contributed by atoms with van der Waals surface area (Å²) in [6, 6.07) is 4.21. The molecule has 0 radical (unpaired) electrons. The van der Waals surface area contributed by atoms with Gasteiger partial charge in [0.05, 0.1) is 22.8 Å². The van der Waals surface area contributed by atoms with Gasteiger partial charge in [0.1, 0.15) is 24.0 Å². The molecule has 1 aliphatic rings. The molecule has 1 aromatic carbocycles. The topological polar surface area (TPSA) is 63.5 Å². The maximum Gasteiger partial charge on any atom is 0.166 e. The molecule has 0 amide bonds. The van der Waals surface area contributed by atoms with E-state index in [-0.39, 0.29) is 11.1 Å². The average molecular weight is 374 g/mol. The van der Waals surface area contributed by atoms with E-state index in [1.165, 1.54) is 12.1 Å². The number of hydrogen-bond donors (Lipinski definition) is 2. The van der Waals surface area contributed by atoms with Crippen LogP contribution >= 0.6 is 11.6 Å². The molecule has 2 bridgehead atoms. The van der Waals surface area contributed by atoms with Gasteiger partial charge in [-0.15, -0.1) is 0 Å². The summed E-state index contributed by atoms with van der Waals surface area (Å²) >= 11 is 6.22. The minimum atomic E-state index is -0.414. The van der Waals surface area contributed by atoms with Crippen molar-refractivity contribution in [3.63, 3.8) is 0 Å². The second-order valence-corrected chi connectivity index (χ2v) is 6.47. The molecule has 26 heavy (non-hydrogen) atoms. The number of anilines is 1. The van der Waals surface area contributed by atoms with Gasteiger partial charge in [0, 0.05) is 24.0 Å². The Morgan fingerprint density at radius 3 is 3.12 bits per heavy atom. The first kappa shape index (κ1) is 16.7.